The van der Waals surface area contributed by atoms with Crippen molar-refractivity contribution in [3.05, 3.63) is 74.6 Å². The third kappa shape index (κ3) is 7.11. The highest BCUT2D eigenvalue weighted by molar-refractivity contribution is 5.98. The van der Waals surface area contributed by atoms with Crippen molar-refractivity contribution < 1.29 is 14.7 Å². The van der Waals surface area contributed by atoms with Gasteiger partial charge in [-0.2, -0.15) is 0 Å². The Morgan fingerprint density at radius 3 is 2.20 bits per heavy atom. The van der Waals surface area contributed by atoms with Crippen LogP contribution in [0.25, 0.3) is 11.3 Å². The summed E-state index contributed by atoms with van der Waals surface area (Å²) in [7, 11) is 0. The maximum Gasteiger partial charge on any atom is 0.407 e. The third-order valence-electron chi connectivity index (χ3n) is 8.67. The first-order valence-corrected chi connectivity index (χ1v) is 15.4. The number of pyridine rings is 1. The van der Waals surface area contributed by atoms with E-state index in [1.165, 1.54) is 0 Å². The molecule has 2 heterocycles. The molecule has 1 saturated carbocycles. The lowest BCUT2D eigenvalue weighted by Crippen LogP contribution is -2.53. The molecule has 236 valence electrons. The van der Waals surface area contributed by atoms with Gasteiger partial charge in [0.15, 0.2) is 0 Å². The molecule has 1 aliphatic carbocycles. The second kappa shape index (κ2) is 13.2. The van der Waals surface area contributed by atoms with Gasteiger partial charge < -0.3 is 25.2 Å². The van der Waals surface area contributed by atoms with Gasteiger partial charge in [0.2, 0.25) is 0 Å². The molecule has 3 N–H and O–H groups in total. The fourth-order valence-electron chi connectivity index (χ4n) is 6.53. The second-order valence-electron chi connectivity index (χ2n) is 12.9. The summed E-state index contributed by atoms with van der Waals surface area (Å²) in [6.45, 7) is 16.3. The highest BCUT2D eigenvalue weighted by atomic mass is 16.4. The Kier molecular flexibility index (Phi) is 9.81. The van der Waals surface area contributed by atoms with Gasteiger partial charge in [-0.3, -0.25) is 19.6 Å². The number of nitrogens with zero attached hydrogens (tertiary/aromatic N) is 4. The van der Waals surface area contributed by atoms with Crippen molar-refractivity contribution in [1.82, 2.24) is 25.2 Å². The number of hydrogen-bond donors (Lipinski definition) is 3. The molecule has 1 aromatic carbocycles. The molecule has 10 nitrogen and oxygen atoms in total. The summed E-state index contributed by atoms with van der Waals surface area (Å²) in [6, 6.07) is 5.98. The number of aromatic nitrogens is 3. The van der Waals surface area contributed by atoms with E-state index in [1.807, 2.05) is 60.6 Å². The van der Waals surface area contributed by atoms with Crippen LogP contribution in [-0.4, -0.2) is 61.1 Å². The van der Waals surface area contributed by atoms with Crippen LogP contribution in [0.5, 0.6) is 0 Å². The number of anilines is 1. The van der Waals surface area contributed by atoms with Gasteiger partial charge in [-0.05, 0) is 110 Å². The van der Waals surface area contributed by atoms with E-state index in [0.717, 1.165) is 66.0 Å². The van der Waals surface area contributed by atoms with Crippen LogP contribution in [-0.2, 0) is 6.54 Å². The van der Waals surface area contributed by atoms with Crippen LogP contribution < -0.4 is 15.8 Å². The highest BCUT2D eigenvalue weighted by Crippen LogP contribution is 2.36. The second-order valence-corrected chi connectivity index (χ2v) is 12.9. The van der Waals surface area contributed by atoms with Gasteiger partial charge in [0, 0.05) is 65.0 Å². The Morgan fingerprint density at radius 1 is 1.00 bits per heavy atom. The fraction of sp³-hybridized carbons (Fsp3) is 0.500. The molecule has 1 aliphatic rings. The fourth-order valence-corrected chi connectivity index (χ4v) is 6.53. The number of aryl methyl sites for hydroxylation is 3. The molecule has 10 heteroatoms. The number of carboxylic acid groups (broad SMARTS) is 1. The van der Waals surface area contributed by atoms with E-state index in [1.54, 1.807) is 17.3 Å². The minimum atomic E-state index is -0.880. The highest BCUT2D eigenvalue weighted by Gasteiger charge is 2.37. The molecular formula is C34H46N6O4. The van der Waals surface area contributed by atoms with E-state index in [-0.39, 0.29) is 30.1 Å². The number of nitrogens with one attached hydrogen (secondary N) is 2. The zero-order chi connectivity index (χ0) is 32.3. The van der Waals surface area contributed by atoms with Crippen LogP contribution in [0.15, 0.2) is 35.4 Å². The minimum Gasteiger partial charge on any atom is -0.465 e. The smallest absolute Gasteiger partial charge is 0.407 e. The van der Waals surface area contributed by atoms with Gasteiger partial charge in [0.25, 0.3) is 11.5 Å². The lowest BCUT2D eigenvalue weighted by atomic mass is 9.86. The van der Waals surface area contributed by atoms with Crippen molar-refractivity contribution in [3.8, 4) is 11.3 Å². The predicted octanol–water partition coefficient (Wildman–Crippen LogP) is 5.91. The lowest BCUT2D eigenvalue weighted by Gasteiger charge is -2.45. The summed E-state index contributed by atoms with van der Waals surface area (Å²) in [4.78, 5) is 54.2. The van der Waals surface area contributed by atoms with Crippen LogP contribution in [0.3, 0.4) is 0 Å². The molecule has 0 unspecified atom stereocenters. The van der Waals surface area contributed by atoms with Gasteiger partial charge in [-0.25, -0.2) is 4.79 Å². The largest absolute Gasteiger partial charge is 0.465 e. The topological polar surface area (TPSA) is 132 Å². The van der Waals surface area contributed by atoms with E-state index in [2.05, 4.69) is 38.2 Å². The molecule has 1 fully saturated rings. The van der Waals surface area contributed by atoms with Crippen molar-refractivity contribution >= 4 is 17.7 Å². The van der Waals surface area contributed by atoms with Gasteiger partial charge in [0.05, 0.1) is 17.6 Å². The molecule has 0 atom stereocenters. The molecule has 4 rings (SSSR count). The quantitative estimate of drug-likeness (QED) is 0.292. The number of carbonyl (C=O) groups is 2. The Bertz CT molecular complexity index is 1570. The number of hydrogen-bond acceptors (Lipinski definition) is 6. The average molecular weight is 603 g/mol. The molecule has 0 saturated heterocycles. The summed E-state index contributed by atoms with van der Waals surface area (Å²) in [5, 5.41) is 12.9. The Hall–Kier alpha value is -4.21. The maximum absolute atomic E-state index is 13.7. The molecule has 0 aliphatic heterocycles. The predicted molar refractivity (Wildman–Crippen MR) is 173 cm³/mol. The first kappa shape index (κ1) is 32.7. The average Bonchev–Trinajstić information content (AvgIpc) is 2.94. The van der Waals surface area contributed by atoms with Crippen LogP contribution in [0, 0.1) is 27.7 Å². The number of H-pyrrole nitrogens is 1. The summed E-state index contributed by atoms with van der Waals surface area (Å²) in [5.41, 5.74) is 5.99. The summed E-state index contributed by atoms with van der Waals surface area (Å²) >= 11 is 0. The van der Waals surface area contributed by atoms with E-state index < -0.39 is 11.6 Å². The van der Waals surface area contributed by atoms with Crippen LogP contribution in [0.1, 0.15) is 91.8 Å². The Balaban J connectivity index is 1.67. The molecule has 0 spiro atoms. The number of amides is 2. The molecule has 44 heavy (non-hydrogen) atoms. The standard InChI is InChI=1S/C34H46N6O4/c1-9-39(25-10-12-26(13-11-25)40(33(43)44)34(6,7)8)30-16-24(29-19-35-22(4)17-36-29)15-27(23(30)5)31(41)37-18-28-20(2)14-21(3)38-32(28)42/h14-17,19,25-26H,9-13,18H2,1-8H3,(H,37,41)(H,38,42)(H,43,44)/t25-,26-. The van der Waals surface area contributed by atoms with Crippen LogP contribution in [0.4, 0.5) is 10.5 Å². The number of benzene rings is 1. The number of rotatable bonds is 8. The molecular weight excluding hydrogens is 556 g/mol. The van der Waals surface area contributed by atoms with E-state index in [0.29, 0.717) is 16.8 Å². The normalized spacial score (nSPS) is 16.8. The Morgan fingerprint density at radius 2 is 1.66 bits per heavy atom. The first-order valence-electron chi connectivity index (χ1n) is 15.4. The lowest BCUT2D eigenvalue weighted by molar-refractivity contribution is 0.0545. The van der Waals surface area contributed by atoms with E-state index in [4.69, 9.17) is 0 Å². The minimum absolute atomic E-state index is 0.0348. The van der Waals surface area contributed by atoms with Crippen molar-refractivity contribution in [2.75, 3.05) is 11.4 Å². The van der Waals surface area contributed by atoms with E-state index in [9.17, 15) is 19.5 Å². The van der Waals surface area contributed by atoms with Crippen LogP contribution >= 0.6 is 0 Å². The zero-order valence-electron chi connectivity index (χ0n) is 27.2. The molecule has 0 radical (unpaired) electrons. The van der Waals surface area contributed by atoms with Crippen molar-refractivity contribution in [3.63, 3.8) is 0 Å². The van der Waals surface area contributed by atoms with Gasteiger partial charge >= 0.3 is 6.09 Å². The van der Waals surface area contributed by atoms with Gasteiger partial charge in [-0.15, -0.1) is 0 Å². The number of carbonyl (C=O) groups excluding carboxylic acids is 1. The maximum atomic E-state index is 13.7. The zero-order valence-corrected chi connectivity index (χ0v) is 27.2. The number of aromatic amines is 1. The van der Waals surface area contributed by atoms with Crippen molar-refractivity contribution in [2.24, 2.45) is 0 Å². The molecule has 2 amide bonds. The summed E-state index contributed by atoms with van der Waals surface area (Å²) < 4.78 is 0. The van der Waals surface area contributed by atoms with Crippen molar-refractivity contribution in [1.29, 1.82) is 0 Å². The van der Waals surface area contributed by atoms with E-state index >= 15 is 0 Å². The van der Waals surface area contributed by atoms with Crippen molar-refractivity contribution in [2.45, 2.75) is 105 Å². The molecule has 0 bridgehead atoms. The SMILES string of the molecule is CCN(c1cc(-c2cnc(C)cn2)cc(C(=O)NCc2c(C)cc(C)[nH]c2=O)c1C)[C@H]1CC[C@H](N(C(=O)O)C(C)(C)C)CC1. The summed E-state index contributed by atoms with van der Waals surface area (Å²) in [6.07, 6.45) is 5.76. The molecule has 2 aromatic heterocycles. The van der Waals surface area contributed by atoms with Crippen LogP contribution in [0.2, 0.25) is 0 Å². The third-order valence-corrected chi connectivity index (χ3v) is 8.67. The van der Waals surface area contributed by atoms with Gasteiger partial charge in [0.1, 0.15) is 0 Å². The van der Waals surface area contributed by atoms with Gasteiger partial charge in [-0.1, -0.05) is 0 Å². The monoisotopic (exact) mass is 602 g/mol. The Labute approximate surface area is 259 Å². The molecule has 3 aromatic rings. The first-order chi connectivity index (χ1) is 20.7. The summed E-state index contributed by atoms with van der Waals surface area (Å²) in [5.74, 6) is -0.271.